The van der Waals surface area contributed by atoms with Crippen molar-refractivity contribution >= 4 is 28.3 Å². The van der Waals surface area contributed by atoms with E-state index in [1.54, 1.807) is 37.5 Å². The van der Waals surface area contributed by atoms with E-state index in [-0.39, 0.29) is 5.56 Å². The molecule has 0 radical (unpaired) electrons. The van der Waals surface area contributed by atoms with E-state index in [2.05, 4.69) is 14.8 Å². The maximum absolute atomic E-state index is 12.6. The van der Waals surface area contributed by atoms with Gasteiger partial charge in [0.1, 0.15) is 5.75 Å². The number of methoxy groups -OCH3 is 2. The summed E-state index contributed by atoms with van der Waals surface area (Å²) in [7, 11) is 2.94. The lowest BCUT2D eigenvalue weighted by Crippen LogP contribution is -2.23. The molecule has 0 unspecified atom stereocenters. The smallest absolute Gasteiger partial charge is 0.337 e. The largest absolute Gasteiger partial charge is 0.497 e. The molecule has 4 rings (SSSR count). The summed E-state index contributed by atoms with van der Waals surface area (Å²) < 4.78 is 11.6. The van der Waals surface area contributed by atoms with Gasteiger partial charge in [-0.1, -0.05) is 23.5 Å². The Hall–Kier alpha value is -3.52. The highest BCUT2D eigenvalue weighted by molar-refractivity contribution is 7.15. The fraction of sp³-hybridized carbons (Fsp3) is 0.100. The van der Waals surface area contributed by atoms with E-state index in [4.69, 9.17) is 4.74 Å². The van der Waals surface area contributed by atoms with Crippen LogP contribution in [-0.4, -0.2) is 34.8 Å². The Morgan fingerprint density at radius 1 is 1.07 bits per heavy atom. The molecule has 0 atom stereocenters. The first kappa shape index (κ1) is 17.9. The van der Waals surface area contributed by atoms with Gasteiger partial charge in [-0.2, -0.15) is 9.50 Å². The van der Waals surface area contributed by atoms with Gasteiger partial charge in [0.25, 0.3) is 5.56 Å². The third kappa shape index (κ3) is 3.25. The standard InChI is InChI=1S/C20H15N3O4S/c1-26-15-9-7-13(8-10-15)17-21-20-23(22-17)18(24)16(28-20)11-12-3-5-14(6-4-12)19(25)27-2/h3-11H,1-2H3/b16-11+. The third-order valence-corrected chi connectivity index (χ3v) is 5.12. The predicted octanol–water partition coefficient (Wildman–Crippen LogP) is 2.16. The lowest BCUT2D eigenvalue weighted by molar-refractivity contribution is 0.0600. The number of carbonyl (C=O) groups is 1. The van der Waals surface area contributed by atoms with Gasteiger partial charge in [-0.25, -0.2) is 4.79 Å². The molecule has 2 aromatic heterocycles. The summed E-state index contributed by atoms with van der Waals surface area (Å²) in [6.07, 6.45) is 1.75. The summed E-state index contributed by atoms with van der Waals surface area (Å²) in [4.78, 5) is 29.1. The van der Waals surface area contributed by atoms with Crippen LogP contribution in [0.1, 0.15) is 15.9 Å². The number of hydrogen-bond acceptors (Lipinski definition) is 7. The fourth-order valence-corrected chi connectivity index (χ4v) is 3.59. The normalized spacial score (nSPS) is 11.7. The van der Waals surface area contributed by atoms with Gasteiger partial charge >= 0.3 is 5.97 Å². The first-order chi connectivity index (χ1) is 13.6. The molecule has 4 aromatic rings. The number of nitrogens with zero attached hydrogens (tertiary/aromatic N) is 3. The monoisotopic (exact) mass is 393 g/mol. The van der Waals surface area contributed by atoms with Crippen molar-refractivity contribution in [2.45, 2.75) is 0 Å². The van der Waals surface area contributed by atoms with Crippen LogP contribution in [0.4, 0.5) is 0 Å². The number of thiazole rings is 1. The third-order valence-electron chi connectivity index (χ3n) is 4.16. The zero-order chi connectivity index (χ0) is 19.7. The van der Waals surface area contributed by atoms with E-state index in [0.29, 0.717) is 20.9 Å². The highest BCUT2D eigenvalue weighted by Gasteiger charge is 2.12. The van der Waals surface area contributed by atoms with Crippen molar-refractivity contribution in [3.05, 3.63) is 74.5 Å². The second-order valence-corrected chi connectivity index (χ2v) is 6.90. The Kier molecular flexibility index (Phi) is 4.62. The molecule has 0 saturated heterocycles. The van der Waals surface area contributed by atoms with Gasteiger partial charge in [-0.3, -0.25) is 4.79 Å². The number of aromatic nitrogens is 3. The second kappa shape index (κ2) is 7.24. The average Bonchev–Trinajstić information content (AvgIpc) is 3.27. The minimum Gasteiger partial charge on any atom is -0.497 e. The SMILES string of the molecule is COC(=O)c1ccc(/C=c2/sc3nc(-c4ccc(OC)cc4)nn3c2=O)cc1. The van der Waals surface area contributed by atoms with Gasteiger partial charge in [0, 0.05) is 5.56 Å². The lowest BCUT2D eigenvalue weighted by Gasteiger charge is -1.99. The number of hydrogen-bond donors (Lipinski definition) is 0. The molecule has 140 valence electrons. The maximum Gasteiger partial charge on any atom is 0.337 e. The van der Waals surface area contributed by atoms with Crippen molar-refractivity contribution in [1.29, 1.82) is 0 Å². The first-order valence-corrected chi connectivity index (χ1v) is 9.15. The first-order valence-electron chi connectivity index (χ1n) is 8.33. The second-order valence-electron chi connectivity index (χ2n) is 5.89. The molecule has 0 spiro atoms. The summed E-state index contributed by atoms with van der Waals surface area (Å²) in [5.74, 6) is 0.824. The summed E-state index contributed by atoms with van der Waals surface area (Å²) in [5.41, 5.74) is 1.82. The van der Waals surface area contributed by atoms with Crippen molar-refractivity contribution in [3.63, 3.8) is 0 Å². The number of benzene rings is 2. The Labute approximate surface area is 163 Å². The van der Waals surface area contributed by atoms with Crippen LogP contribution in [0.15, 0.2) is 53.3 Å². The number of ether oxygens (including phenoxy) is 2. The Bertz CT molecular complexity index is 1260. The van der Waals surface area contributed by atoms with Crippen molar-refractivity contribution in [2.24, 2.45) is 0 Å². The van der Waals surface area contributed by atoms with Gasteiger partial charge in [0.2, 0.25) is 4.96 Å². The number of fused-ring (bicyclic) bond motifs is 1. The van der Waals surface area contributed by atoms with Crippen LogP contribution in [0.3, 0.4) is 0 Å². The average molecular weight is 393 g/mol. The highest BCUT2D eigenvalue weighted by Crippen LogP contribution is 2.20. The van der Waals surface area contributed by atoms with Crippen LogP contribution >= 0.6 is 11.3 Å². The van der Waals surface area contributed by atoms with Crippen LogP contribution in [-0.2, 0) is 4.74 Å². The number of carbonyl (C=O) groups excluding carboxylic acids is 1. The van der Waals surface area contributed by atoms with Gasteiger partial charge in [-0.15, -0.1) is 5.10 Å². The van der Waals surface area contributed by atoms with Crippen molar-refractivity contribution in [2.75, 3.05) is 14.2 Å². The number of rotatable bonds is 4. The molecule has 0 fully saturated rings. The molecule has 28 heavy (non-hydrogen) atoms. The molecule has 2 aromatic carbocycles. The van der Waals surface area contributed by atoms with Gasteiger partial charge in [0.15, 0.2) is 5.82 Å². The van der Waals surface area contributed by atoms with E-state index < -0.39 is 5.97 Å². The molecule has 0 aliphatic carbocycles. The highest BCUT2D eigenvalue weighted by atomic mass is 32.1. The molecule has 8 heteroatoms. The van der Waals surface area contributed by atoms with E-state index in [1.165, 1.54) is 23.0 Å². The Morgan fingerprint density at radius 2 is 1.79 bits per heavy atom. The van der Waals surface area contributed by atoms with Crippen molar-refractivity contribution in [3.8, 4) is 17.1 Å². The van der Waals surface area contributed by atoms with Crippen LogP contribution in [0.25, 0.3) is 22.4 Å². The van der Waals surface area contributed by atoms with Crippen molar-refractivity contribution < 1.29 is 14.3 Å². The summed E-state index contributed by atoms with van der Waals surface area (Å²) in [6.45, 7) is 0. The van der Waals surface area contributed by atoms with Gasteiger partial charge in [0.05, 0.1) is 24.3 Å². The topological polar surface area (TPSA) is 82.8 Å². The van der Waals surface area contributed by atoms with E-state index in [0.717, 1.165) is 16.9 Å². The number of esters is 1. The van der Waals surface area contributed by atoms with Crippen LogP contribution in [0, 0.1) is 0 Å². The molecule has 0 aliphatic heterocycles. The minimum absolute atomic E-state index is 0.232. The fourth-order valence-electron chi connectivity index (χ4n) is 2.68. The summed E-state index contributed by atoms with van der Waals surface area (Å²) in [6, 6.07) is 14.1. The van der Waals surface area contributed by atoms with E-state index in [1.807, 2.05) is 24.3 Å². The maximum atomic E-state index is 12.6. The molecule has 0 N–H and O–H groups in total. The minimum atomic E-state index is -0.402. The van der Waals surface area contributed by atoms with Crippen LogP contribution < -0.4 is 14.8 Å². The molecule has 0 saturated carbocycles. The summed E-state index contributed by atoms with van der Waals surface area (Å²) in [5, 5.41) is 4.33. The molecule has 0 bridgehead atoms. The quantitative estimate of drug-likeness (QED) is 0.494. The molecule has 7 nitrogen and oxygen atoms in total. The van der Waals surface area contributed by atoms with Crippen LogP contribution in [0.5, 0.6) is 5.75 Å². The van der Waals surface area contributed by atoms with E-state index >= 15 is 0 Å². The molecular formula is C20H15N3O4S. The van der Waals surface area contributed by atoms with Crippen LogP contribution in [0.2, 0.25) is 0 Å². The Morgan fingerprint density at radius 3 is 2.39 bits per heavy atom. The zero-order valence-corrected chi connectivity index (χ0v) is 15.9. The zero-order valence-electron chi connectivity index (χ0n) is 15.1. The van der Waals surface area contributed by atoms with Gasteiger partial charge in [-0.05, 0) is 48.0 Å². The molecular weight excluding hydrogens is 378 g/mol. The molecule has 0 amide bonds. The lowest BCUT2D eigenvalue weighted by atomic mass is 10.1. The van der Waals surface area contributed by atoms with E-state index in [9.17, 15) is 9.59 Å². The summed E-state index contributed by atoms with van der Waals surface area (Å²) >= 11 is 1.26. The Balaban J connectivity index is 1.68. The predicted molar refractivity (Wildman–Crippen MR) is 106 cm³/mol. The molecule has 2 heterocycles. The molecule has 0 aliphatic rings. The van der Waals surface area contributed by atoms with Gasteiger partial charge < -0.3 is 9.47 Å². The van der Waals surface area contributed by atoms with Crippen molar-refractivity contribution in [1.82, 2.24) is 14.6 Å².